The Kier molecular flexibility index (Phi) is 3.47. The van der Waals surface area contributed by atoms with Crippen molar-refractivity contribution in [3.63, 3.8) is 0 Å². The fourth-order valence-corrected chi connectivity index (χ4v) is 3.07. The third-order valence-corrected chi connectivity index (χ3v) is 4.62. The largest absolute Gasteiger partial charge is 0.355 e. The first-order chi connectivity index (χ1) is 10.8. The third-order valence-electron chi connectivity index (χ3n) is 3.90. The lowest BCUT2D eigenvalue weighted by Gasteiger charge is -2.04. The first-order valence-electron chi connectivity index (χ1n) is 7.24. The highest BCUT2D eigenvalue weighted by atomic mass is 127. The Bertz CT molecular complexity index is 885. The fourth-order valence-electron chi connectivity index (χ4n) is 2.71. The summed E-state index contributed by atoms with van der Waals surface area (Å²) < 4.78 is 1.26. The van der Waals surface area contributed by atoms with Gasteiger partial charge in [0.25, 0.3) is 0 Å². The minimum Gasteiger partial charge on any atom is -0.355 e. The minimum atomic E-state index is 1.16. The summed E-state index contributed by atoms with van der Waals surface area (Å²) in [7, 11) is 0. The van der Waals surface area contributed by atoms with E-state index >= 15 is 0 Å². The molecule has 0 amide bonds. The molecule has 22 heavy (non-hydrogen) atoms. The number of aromatic nitrogens is 1. The summed E-state index contributed by atoms with van der Waals surface area (Å²) >= 11 is 2.33. The van der Waals surface area contributed by atoms with E-state index in [0.717, 1.165) is 5.69 Å². The zero-order valence-corrected chi connectivity index (χ0v) is 14.0. The first kappa shape index (κ1) is 13.6. The standard InChI is InChI=1S/C20H14IN/c21-18-11-9-15(10-12-18)14-5-7-16(8-6-14)20-13-17-3-1-2-4-19(17)22-20/h1-13,22H. The van der Waals surface area contributed by atoms with E-state index in [1.807, 2.05) is 0 Å². The third kappa shape index (κ3) is 2.55. The van der Waals surface area contributed by atoms with Gasteiger partial charge in [-0.1, -0.05) is 54.6 Å². The Hall–Kier alpha value is -2.07. The van der Waals surface area contributed by atoms with Gasteiger partial charge in [-0.25, -0.2) is 0 Å². The van der Waals surface area contributed by atoms with Crippen LogP contribution in [-0.2, 0) is 0 Å². The minimum absolute atomic E-state index is 1.16. The van der Waals surface area contributed by atoms with Crippen molar-refractivity contribution in [2.75, 3.05) is 0 Å². The molecule has 1 heterocycles. The van der Waals surface area contributed by atoms with Crippen molar-refractivity contribution in [3.05, 3.63) is 82.4 Å². The second kappa shape index (κ2) is 5.61. The average Bonchev–Trinajstić information content (AvgIpc) is 3.00. The highest BCUT2D eigenvalue weighted by molar-refractivity contribution is 14.1. The van der Waals surface area contributed by atoms with E-state index in [0.29, 0.717) is 0 Å². The summed E-state index contributed by atoms with van der Waals surface area (Å²) in [5, 5.41) is 1.25. The van der Waals surface area contributed by atoms with Gasteiger partial charge in [0.05, 0.1) is 0 Å². The number of hydrogen-bond acceptors (Lipinski definition) is 0. The smallest absolute Gasteiger partial charge is 0.0464 e. The van der Waals surface area contributed by atoms with E-state index in [4.69, 9.17) is 0 Å². The highest BCUT2D eigenvalue weighted by Gasteiger charge is 2.04. The molecule has 3 aromatic carbocycles. The number of H-pyrrole nitrogens is 1. The summed E-state index contributed by atoms with van der Waals surface area (Å²) in [5.41, 5.74) is 6.06. The van der Waals surface area contributed by atoms with Crippen LogP contribution < -0.4 is 0 Å². The molecule has 0 bridgehead atoms. The molecule has 4 rings (SSSR count). The van der Waals surface area contributed by atoms with Gasteiger partial charge >= 0.3 is 0 Å². The maximum atomic E-state index is 3.48. The summed E-state index contributed by atoms with van der Waals surface area (Å²) in [6.45, 7) is 0. The fraction of sp³-hybridized carbons (Fsp3) is 0. The van der Waals surface area contributed by atoms with Crippen LogP contribution in [0.2, 0.25) is 0 Å². The van der Waals surface area contributed by atoms with Crippen LogP contribution in [-0.4, -0.2) is 4.98 Å². The predicted octanol–water partition coefficient (Wildman–Crippen LogP) is 6.11. The van der Waals surface area contributed by atoms with Crippen molar-refractivity contribution in [2.24, 2.45) is 0 Å². The monoisotopic (exact) mass is 395 g/mol. The summed E-state index contributed by atoms with van der Waals surface area (Å²) in [6, 6.07) is 27.9. The molecule has 0 fully saturated rings. The second-order valence-electron chi connectivity index (χ2n) is 5.35. The van der Waals surface area contributed by atoms with Crippen LogP contribution in [0.25, 0.3) is 33.3 Å². The lowest BCUT2D eigenvalue weighted by Crippen LogP contribution is -1.80. The quantitative estimate of drug-likeness (QED) is 0.395. The van der Waals surface area contributed by atoms with E-state index in [1.54, 1.807) is 0 Å². The van der Waals surface area contributed by atoms with Gasteiger partial charge in [-0.05, 0) is 63.5 Å². The molecule has 2 heteroatoms. The molecule has 1 nitrogen and oxygen atoms in total. The SMILES string of the molecule is Ic1ccc(-c2ccc(-c3cc4ccccc4[nH]3)cc2)cc1. The summed E-state index contributed by atoms with van der Waals surface area (Å²) in [4.78, 5) is 3.48. The molecule has 0 spiro atoms. The van der Waals surface area contributed by atoms with Crippen LogP contribution in [0.1, 0.15) is 0 Å². The van der Waals surface area contributed by atoms with E-state index in [9.17, 15) is 0 Å². The van der Waals surface area contributed by atoms with Crippen LogP contribution >= 0.6 is 22.6 Å². The van der Waals surface area contributed by atoms with Gasteiger partial charge in [-0.3, -0.25) is 0 Å². The van der Waals surface area contributed by atoms with E-state index in [2.05, 4.69) is 106 Å². The van der Waals surface area contributed by atoms with E-state index in [1.165, 1.54) is 31.2 Å². The zero-order valence-electron chi connectivity index (χ0n) is 11.9. The Morgan fingerprint density at radius 3 is 1.91 bits per heavy atom. The van der Waals surface area contributed by atoms with Crippen molar-refractivity contribution < 1.29 is 0 Å². The molecule has 0 radical (unpaired) electrons. The van der Waals surface area contributed by atoms with Crippen molar-refractivity contribution in [1.82, 2.24) is 4.98 Å². The Labute approximate surface area is 143 Å². The molecule has 0 aliphatic heterocycles. The summed E-state index contributed by atoms with van der Waals surface area (Å²) in [5.74, 6) is 0. The average molecular weight is 395 g/mol. The zero-order chi connectivity index (χ0) is 14.9. The Balaban J connectivity index is 1.70. The number of benzene rings is 3. The van der Waals surface area contributed by atoms with Crippen LogP contribution in [0.5, 0.6) is 0 Å². The molecule has 0 atom stereocenters. The molecular formula is C20H14IN. The normalized spacial score (nSPS) is 11.0. The molecule has 0 aliphatic rings. The number of rotatable bonds is 2. The van der Waals surface area contributed by atoms with Gasteiger partial charge in [-0.2, -0.15) is 0 Å². The maximum Gasteiger partial charge on any atom is 0.0464 e. The first-order valence-corrected chi connectivity index (χ1v) is 8.32. The van der Waals surface area contributed by atoms with E-state index in [-0.39, 0.29) is 0 Å². The Morgan fingerprint density at radius 1 is 0.636 bits per heavy atom. The number of hydrogen-bond donors (Lipinski definition) is 1. The van der Waals surface area contributed by atoms with Crippen LogP contribution in [0.4, 0.5) is 0 Å². The van der Waals surface area contributed by atoms with Crippen LogP contribution in [0, 0.1) is 3.57 Å². The van der Waals surface area contributed by atoms with Crippen molar-refractivity contribution >= 4 is 33.5 Å². The number of para-hydroxylation sites is 1. The van der Waals surface area contributed by atoms with Gasteiger partial charge in [0.15, 0.2) is 0 Å². The molecule has 0 aliphatic carbocycles. The van der Waals surface area contributed by atoms with Crippen molar-refractivity contribution in [1.29, 1.82) is 0 Å². The van der Waals surface area contributed by atoms with Gasteiger partial charge in [0, 0.05) is 20.2 Å². The molecule has 0 saturated heterocycles. The topological polar surface area (TPSA) is 15.8 Å². The van der Waals surface area contributed by atoms with Gasteiger partial charge in [0.2, 0.25) is 0 Å². The number of nitrogens with one attached hydrogen (secondary N) is 1. The molecule has 4 aromatic rings. The van der Waals surface area contributed by atoms with Crippen LogP contribution in [0.3, 0.4) is 0 Å². The van der Waals surface area contributed by atoms with Crippen molar-refractivity contribution in [3.8, 4) is 22.4 Å². The van der Waals surface area contributed by atoms with E-state index < -0.39 is 0 Å². The molecule has 1 aromatic heterocycles. The molecular weight excluding hydrogens is 381 g/mol. The highest BCUT2D eigenvalue weighted by Crippen LogP contribution is 2.27. The van der Waals surface area contributed by atoms with Crippen LogP contribution in [0.15, 0.2) is 78.9 Å². The van der Waals surface area contributed by atoms with Gasteiger partial charge in [0.1, 0.15) is 0 Å². The summed E-state index contributed by atoms with van der Waals surface area (Å²) in [6.07, 6.45) is 0. The number of aromatic amines is 1. The number of halogens is 1. The number of fused-ring (bicyclic) bond motifs is 1. The lowest BCUT2D eigenvalue weighted by atomic mass is 10.0. The molecule has 0 unspecified atom stereocenters. The molecule has 1 N–H and O–H groups in total. The van der Waals surface area contributed by atoms with Crippen molar-refractivity contribution in [2.45, 2.75) is 0 Å². The molecule has 0 saturated carbocycles. The maximum absolute atomic E-state index is 3.48. The van der Waals surface area contributed by atoms with Gasteiger partial charge < -0.3 is 4.98 Å². The second-order valence-corrected chi connectivity index (χ2v) is 6.60. The molecule has 106 valence electrons. The Morgan fingerprint density at radius 2 is 1.23 bits per heavy atom. The van der Waals surface area contributed by atoms with Gasteiger partial charge in [-0.15, -0.1) is 0 Å². The lowest BCUT2D eigenvalue weighted by molar-refractivity contribution is 1.45. The predicted molar refractivity (Wildman–Crippen MR) is 102 cm³/mol.